The summed E-state index contributed by atoms with van der Waals surface area (Å²) in [5.41, 5.74) is -0.397. The van der Waals surface area contributed by atoms with E-state index in [2.05, 4.69) is 0 Å². The third-order valence-electron chi connectivity index (χ3n) is 5.14. The Morgan fingerprint density at radius 3 is 2.23 bits per heavy atom. The molecule has 6 N–H and O–H groups in total. The Morgan fingerprint density at radius 1 is 0.903 bits per heavy atom. The molecular formula is C20H20O11. The number of hydrogen-bond donors (Lipinski definition) is 6. The Balaban J connectivity index is 1.80. The lowest BCUT2D eigenvalue weighted by molar-refractivity contribution is -0.277. The molecule has 0 spiro atoms. The minimum atomic E-state index is -1.66. The van der Waals surface area contributed by atoms with Crippen LogP contribution in [0, 0.1) is 0 Å². The van der Waals surface area contributed by atoms with E-state index in [9.17, 15) is 35.4 Å². The number of phenols is 2. The van der Waals surface area contributed by atoms with Crippen LogP contribution in [0.1, 0.15) is 0 Å². The molecule has 3 aromatic rings. The first-order valence-corrected chi connectivity index (χ1v) is 9.22. The molecule has 1 fully saturated rings. The quantitative estimate of drug-likeness (QED) is 0.230. The molecule has 11 heteroatoms. The lowest BCUT2D eigenvalue weighted by atomic mass is 9.99. The molecule has 0 amide bonds. The molecular weight excluding hydrogens is 416 g/mol. The average molecular weight is 436 g/mol. The summed E-state index contributed by atoms with van der Waals surface area (Å²) in [6.45, 7) is -0.633. The maximum atomic E-state index is 12.9. The van der Waals surface area contributed by atoms with Gasteiger partial charge in [0.25, 0.3) is 0 Å². The number of hydrogen-bond acceptors (Lipinski definition) is 11. The molecule has 31 heavy (non-hydrogen) atoms. The maximum absolute atomic E-state index is 12.9. The van der Waals surface area contributed by atoms with E-state index in [1.54, 1.807) is 0 Å². The maximum Gasteiger partial charge on any atom is 0.229 e. The number of ether oxygens (including phenoxy) is 3. The van der Waals surface area contributed by atoms with E-state index in [1.807, 2.05) is 0 Å². The Bertz CT molecular complexity index is 1190. The number of aliphatic hydroxyl groups excluding tert-OH is 4. The van der Waals surface area contributed by atoms with Crippen molar-refractivity contribution in [3.05, 3.63) is 34.5 Å². The average Bonchev–Trinajstić information content (AvgIpc) is 2.75. The highest BCUT2D eigenvalue weighted by Crippen LogP contribution is 2.36. The van der Waals surface area contributed by atoms with Gasteiger partial charge in [0.05, 0.1) is 24.5 Å². The van der Waals surface area contributed by atoms with E-state index >= 15 is 0 Å². The van der Waals surface area contributed by atoms with Crippen molar-refractivity contribution in [3.8, 4) is 23.0 Å². The van der Waals surface area contributed by atoms with Crippen LogP contribution in [0.25, 0.3) is 21.9 Å². The van der Waals surface area contributed by atoms with Crippen molar-refractivity contribution in [2.24, 2.45) is 0 Å². The van der Waals surface area contributed by atoms with Crippen LogP contribution in [0.15, 0.2) is 33.5 Å². The van der Waals surface area contributed by atoms with Crippen LogP contribution in [0.4, 0.5) is 0 Å². The predicted molar refractivity (Wildman–Crippen MR) is 104 cm³/mol. The standard InChI is InChI=1S/C20H20O11/c1-28-13-5-12-8(16(24)7-2-9(22)10(23)4-11(7)29-12)3-14(13)30-20-19(27)18(26)17(25)15(6-21)31-20/h2-5,15,17-23,25-27H,6H2,1H3/t15-,17-,18+,19-,20+/m1/s1. The molecule has 1 saturated heterocycles. The van der Waals surface area contributed by atoms with E-state index in [0.717, 1.165) is 12.1 Å². The normalized spacial score (nSPS) is 26.3. The van der Waals surface area contributed by atoms with E-state index in [-0.39, 0.29) is 33.4 Å². The Labute approximate surface area is 173 Å². The molecule has 0 unspecified atom stereocenters. The van der Waals surface area contributed by atoms with Gasteiger partial charge in [0.15, 0.2) is 23.0 Å². The number of methoxy groups -OCH3 is 1. The second-order valence-corrected chi connectivity index (χ2v) is 7.08. The highest BCUT2D eigenvalue weighted by molar-refractivity contribution is 5.92. The summed E-state index contributed by atoms with van der Waals surface area (Å²) in [5.74, 6) is -0.904. The number of phenolic OH excluding ortho intramolecular Hbond substituents is 2. The fraction of sp³-hybridized carbons (Fsp3) is 0.350. The molecule has 1 aliphatic heterocycles. The predicted octanol–water partition coefficient (Wildman–Crippen LogP) is -0.455. The largest absolute Gasteiger partial charge is 0.504 e. The van der Waals surface area contributed by atoms with Crippen LogP contribution in [0.5, 0.6) is 23.0 Å². The molecule has 0 saturated carbocycles. The van der Waals surface area contributed by atoms with Crippen molar-refractivity contribution in [1.82, 2.24) is 0 Å². The fourth-order valence-corrected chi connectivity index (χ4v) is 3.43. The van der Waals surface area contributed by atoms with Crippen molar-refractivity contribution in [1.29, 1.82) is 0 Å². The van der Waals surface area contributed by atoms with Crippen molar-refractivity contribution in [2.45, 2.75) is 30.7 Å². The van der Waals surface area contributed by atoms with Crippen molar-refractivity contribution in [2.75, 3.05) is 13.7 Å². The molecule has 11 nitrogen and oxygen atoms in total. The molecule has 2 heterocycles. The molecule has 166 valence electrons. The first kappa shape index (κ1) is 21.2. The minimum absolute atomic E-state index is 0.00626. The SMILES string of the molecule is COc1cc2oc3cc(O)c(O)cc3c(=O)c2cc1O[C@H]1O[C@H](CO)[C@@H](O)[C@H](O)[C@H]1O. The van der Waals surface area contributed by atoms with Crippen LogP contribution in [0.2, 0.25) is 0 Å². The minimum Gasteiger partial charge on any atom is -0.504 e. The summed E-state index contributed by atoms with van der Waals surface area (Å²) in [6.07, 6.45) is -7.53. The van der Waals surface area contributed by atoms with Gasteiger partial charge in [0, 0.05) is 12.1 Å². The van der Waals surface area contributed by atoms with E-state index in [0.29, 0.717) is 0 Å². The van der Waals surface area contributed by atoms with Crippen LogP contribution in [-0.4, -0.2) is 75.1 Å². The van der Waals surface area contributed by atoms with E-state index in [1.165, 1.54) is 19.2 Å². The lowest BCUT2D eigenvalue weighted by Crippen LogP contribution is -2.60. The molecule has 5 atom stereocenters. The second kappa shape index (κ2) is 7.87. The number of benzene rings is 2. The van der Waals surface area contributed by atoms with Crippen molar-refractivity contribution in [3.63, 3.8) is 0 Å². The Morgan fingerprint density at radius 2 is 1.55 bits per heavy atom. The van der Waals surface area contributed by atoms with Gasteiger partial charge in [-0.25, -0.2) is 0 Å². The van der Waals surface area contributed by atoms with Gasteiger partial charge in [-0.05, 0) is 12.1 Å². The van der Waals surface area contributed by atoms with Crippen LogP contribution >= 0.6 is 0 Å². The van der Waals surface area contributed by atoms with E-state index in [4.69, 9.17) is 18.6 Å². The Kier molecular flexibility index (Phi) is 5.37. The van der Waals surface area contributed by atoms with Gasteiger partial charge < -0.3 is 49.3 Å². The van der Waals surface area contributed by atoms with Gasteiger partial charge in [-0.15, -0.1) is 0 Å². The zero-order chi connectivity index (χ0) is 22.4. The van der Waals surface area contributed by atoms with Gasteiger partial charge in [-0.2, -0.15) is 0 Å². The first-order valence-electron chi connectivity index (χ1n) is 9.22. The van der Waals surface area contributed by atoms with Crippen molar-refractivity contribution < 1.29 is 49.3 Å². The molecule has 4 rings (SSSR count). The van der Waals surface area contributed by atoms with Crippen molar-refractivity contribution >= 4 is 21.9 Å². The van der Waals surface area contributed by atoms with E-state index < -0.39 is 54.2 Å². The molecule has 1 aliphatic rings. The summed E-state index contributed by atoms with van der Waals surface area (Å²) in [4.78, 5) is 12.9. The molecule has 0 aliphatic carbocycles. The molecule has 0 bridgehead atoms. The second-order valence-electron chi connectivity index (χ2n) is 7.08. The number of aliphatic hydroxyl groups is 4. The topological polar surface area (TPSA) is 179 Å². The third kappa shape index (κ3) is 3.52. The summed E-state index contributed by atoms with van der Waals surface area (Å²) in [5, 5.41) is 58.8. The fourth-order valence-electron chi connectivity index (χ4n) is 3.43. The zero-order valence-electron chi connectivity index (χ0n) is 16.1. The highest BCUT2D eigenvalue weighted by Gasteiger charge is 2.45. The monoisotopic (exact) mass is 436 g/mol. The van der Waals surface area contributed by atoms with Gasteiger partial charge in [-0.1, -0.05) is 0 Å². The van der Waals surface area contributed by atoms with Gasteiger partial charge in [-0.3, -0.25) is 4.79 Å². The van der Waals surface area contributed by atoms with Gasteiger partial charge in [0.1, 0.15) is 35.6 Å². The van der Waals surface area contributed by atoms with Gasteiger partial charge in [0.2, 0.25) is 11.7 Å². The molecule has 0 radical (unpaired) electrons. The van der Waals surface area contributed by atoms with Crippen LogP contribution in [-0.2, 0) is 4.74 Å². The third-order valence-corrected chi connectivity index (χ3v) is 5.14. The molecule has 2 aromatic carbocycles. The zero-order valence-corrected chi connectivity index (χ0v) is 16.1. The number of fused-ring (bicyclic) bond motifs is 2. The number of aromatic hydroxyl groups is 2. The van der Waals surface area contributed by atoms with Crippen LogP contribution in [0.3, 0.4) is 0 Å². The summed E-state index contributed by atoms with van der Waals surface area (Å²) < 4.78 is 21.8. The highest BCUT2D eigenvalue weighted by atomic mass is 16.7. The smallest absolute Gasteiger partial charge is 0.229 e. The summed E-state index contributed by atoms with van der Waals surface area (Å²) >= 11 is 0. The molecule has 1 aromatic heterocycles. The summed E-state index contributed by atoms with van der Waals surface area (Å²) in [7, 11) is 1.32. The number of rotatable bonds is 4. The first-order chi connectivity index (χ1) is 14.7. The Hall–Kier alpha value is -3.09. The summed E-state index contributed by atoms with van der Waals surface area (Å²) in [6, 6.07) is 4.79. The van der Waals surface area contributed by atoms with Gasteiger partial charge >= 0.3 is 0 Å². The lowest BCUT2D eigenvalue weighted by Gasteiger charge is -2.39. The van der Waals surface area contributed by atoms with Crippen LogP contribution < -0.4 is 14.9 Å².